The molecule has 0 amide bonds. The molecule has 2 nitrogen and oxygen atoms in total. The normalized spacial score (nSPS) is 19.8. The maximum atomic E-state index is 5.61. The molecule has 1 unspecified atom stereocenters. The first-order chi connectivity index (χ1) is 8.63. The highest BCUT2D eigenvalue weighted by molar-refractivity contribution is 9.10. The topological polar surface area (TPSA) is 29.3 Å². The molecule has 1 heterocycles. The third-order valence-corrected chi connectivity index (χ3v) is 4.46. The maximum absolute atomic E-state index is 5.61. The first-order valence-electron chi connectivity index (χ1n) is 6.88. The van der Waals surface area contributed by atoms with Gasteiger partial charge in [0.2, 0.25) is 0 Å². The Hall–Kier alpha value is -0.540. The molecule has 0 aromatic heterocycles. The summed E-state index contributed by atoms with van der Waals surface area (Å²) in [5.41, 5.74) is 8.26. The highest BCUT2D eigenvalue weighted by Gasteiger charge is 2.28. The fraction of sp³-hybridized carbons (Fsp3) is 0.600. The Kier molecular flexibility index (Phi) is 4.68. The minimum Gasteiger partial charge on any atom is -0.367 e. The molecule has 1 aliphatic rings. The van der Waals surface area contributed by atoms with E-state index in [0.717, 1.165) is 6.42 Å². The number of nitrogens with two attached hydrogens (primary N) is 1. The number of halogens is 1. The molecule has 1 fully saturated rings. The predicted molar refractivity (Wildman–Crippen MR) is 82.1 cm³/mol. The lowest BCUT2D eigenvalue weighted by molar-refractivity contribution is 0.491. The van der Waals surface area contributed by atoms with E-state index in [-0.39, 0.29) is 0 Å². The fourth-order valence-corrected chi connectivity index (χ4v) is 3.54. The lowest BCUT2D eigenvalue weighted by Crippen LogP contribution is -2.33. The minimum absolute atomic E-state index is 0.682. The van der Waals surface area contributed by atoms with E-state index >= 15 is 0 Å². The molecule has 2 N–H and O–H groups in total. The van der Waals surface area contributed by atoms with Crippen LogP contribution in [0.2, 0.25) is 0 Å². The van der Waals surface area contributed by atoms with Crippen molar-refractivity contribution in [1.29, 1.82) is 0 Å². The molecular weight excluding hydrogens is 288 g/mol. The van der Waals surface area contributed by atoms with Crippen molar-refractivity contribution in [1.82, 2.24) is 0 Å². The first kappa shape index (κ1) is 13.9. The average Bonchev–Trinajstić information content (AvgIpc) is 2.78. The monoisotopic (exact) mass is 310 g/mol. The molecule has 2 rings (SSSR count). The van der Waals surface area contributed by atoms with Gasteiger partial charge in [-0.05, 0) is 65.4 Å². The Morgan fingerprint density at radius 2 is 2.22 bits per heavy atom. The number of anilines is 1. The van der Waals surface area contributed by atoms with E-state index in [2.05, 4.69) is 52.9 Å². The molecule has 18 heavy (non-hydrogen) atoms. The standard InChI is InChI=1S/C15H23BrN2/c1-11(2)14-4-3-9-18(14)15-6-5-12(7-8-17)10-13(15)16/h5-6,10-11,14H,3-4,7-9,17H2,1-2H3. The van der Waals surface area contributed by atoms with Crippen LogP contribution < -0.4 is 10.6 Å². The number of hydrogen-bond donors (Lipinski definition) is 1. The van der Waals surface area contributed by atoms with Gasteiger partial charge >= 0.3 is 0 Å². The van der Waals surface area contributed by atoms with Crippen LogP contribution in [0.4, 0.5) is 5.69 Å². The average molecular weight is 311 g/mol. The molecule has 0 spiro atoms. The molecule has 1 saturated heterocycles. The second-order valence-corrected chi connectivity index (χ2v) is 6.33. The Balaban J connectivity index is 2.22. The molecular formula is C15H23BrN2. The van der Waals surface area contributed by atoms with Gasteiger partial charge in [-0.25, -0.2) is 0 Å². The maximum Gasteiger partial charge on any atom is 0.0513 e. The van der Waals surface area contributed by atoms with Gasteiger partial charge in [0.25, 0.3) is 0 Å². The van der Waals surface area contributed by atoms with Gasteiger partial charge < -0.3 is 10.6 Å². The quantitative estimate of drug-likeness (QED) is 0.921. The highest BCUT2D eigenvalue weighted by atomic mass is 79.9. The fourth-order valence-electron chi connectivity index (χ4n) is 2.89. The molecule has 0 bridgehead atoms. The van der Waals surface area contributed by atoms with Crippen LogP contribution in [-0.2, 0) is 6.42 Å². The van der Waals surface area contributed by atoms with Gasteiger partial charge in [-0.15, -0.1) is 0 Å². The number of hydrogen-bond acceptors (Lipinski definition) is 2. The zero-order valence-electron chi connectivity index (χ0n) is 11.3. The Labute approximate surface area is 119 Å². The van der Waals surface area contributed by atoms with Gasteiger partial charge in [-0.3, -0.25) is 0 Å². The second kappa shape index (κ2) is 6.07. The molecule has 3 heteroatoms. The van der Waals surface area contributed by atoms with E-state index in [4.69, 9.17) is 5.73 Å². The summed E-state index contributed by atoms with van der Waals surface area (Å²) in [7, 11) is 0. The molecule has 0 radical (unpaired) electrons. The molecule has 0 saturated carbocycles. The summed E-state index contributed by atoms with van der Waals surface area (Å²) in [6, 6.07) is 7.36. The second-order valence-electron chi connectivity index (χ2n) is 5.47. The van der Waals surface area contributed by atoms with Gasteiger partial charge in [0.1, 0.15) is 0 Å². The van der Waals surface area contributed by atoms with E-state index in [1.807, 2.05) is 0 Å². The molecule has 1 atom stereocenters. The zero-order valence-corrected chi connectivity index (χ0v) is 12.9. The van der Waals surface area contributed by atoms with Gasteiger partial charge in [0, 0.05) is 17.1 Å². The van der Waals surface area contributed by atoms with E-state index in [9.17, 15) is 0 Å². The van der Waals surface area contributed by atoms with Gasteiger partial charge in [-0.2, -0.15) is 0 Å². The summed E-state index contributed by atoms with van der Waals surface area (Å²) in [4.78, 5) is 2.56. The SMILES string of the molecule is CC(C)C1CCCN1c1ccc(CCN)cc1Br. The summed E-state index contributed by atoms with van der Waals surface area (Å²) < 4.78 is 1.21. The van der Waals surface area contributed by atoms with Crippen LogP contribution in [0.25, 0.3) is 0 Å². The summed E-state index contributed by atoms with van der Waals surface area (Å²) in [5, 5.41) is 0. The van der Waals surface area contributed by atoms with E-state index in [1.165, 1.54) is 35.1 Å². The Morgan fingerprint density at radius 1 is 1.44 bits per heavy atom. The third-order valence-electron chi connectivity index (χ3n) is 3.82. The molecule has 1 aromatic carbocycles. The summed E-state index contributed by atoms with van der Waals surface area (Å²) in [5.74, 6) is 0.711. The zero-order chi connectivity index (χ0) is 13.1. The van der Waals surface area contributed by atoms with Gasteiger partial charge in [-0.1, -0.05) is 19.9 Å². The van der Waals surface area contributed by atoms with Crippen LogP contribution in [0.5, 0.6) is 0 Å². The van der Waals surface area contributed by atoms with Crippen molar-refractivity contribution in [2.45, 2.75) is 39.2 Å². The van der Waals surface area contributed by atoms with Gasteiger partial charge in [0.05, 0.1) is 5.69 Å². The molecule has 1 aromatic rings. The Bertz CT molecular complexity index is 403. The number of benzene rings is 1. The molecule has 1 aliphatic heterocycles. The van der Waals surface area contributed by atoms with Crippen LogP contribution in [0, 0.1) is 5.92 Å². The van der Waals surface area contributed by atoms with Crippen molar-refractivity contribution in [3.05, 3.63) is 28.2 Å². The van der Waals surface area contributed by atoms with E-state index in [0.29, 0.717) is 18.5 Å². The smallest absolute Gasteiger partial charge is 0.0513 e. The van der Waals surface area contributed by atoms with Crippen LogP contribution in [0.3, 0.4) is 0 Å². The van der Waals surface area contributed by atoms with Crippen molar-refractivity contribution in [3.8, 4) is 0 Å². The third kappa shape index (κ3) is 2.89. The summed E-state index contributed by atoms with van der Waals surface area (Å²) >= 11 is 3.72. The van der Waals surface area contributed by atoms with Crippen molar-refractivity contribution in [2.24, 2.45) is 11.7 Å². The van der Waals surface area contributed by atoms with E-state index < -0.39 is 0 Å². The van der Waals surface area contributed by atoms with Crippen molar-refractivity contribution in [2.75, 3.05) is 18.0 Å². The van der Waals surface area contributed by atoms with Gasteiger partial charge in [0.15, 0.2) is 0 Å². The summed E-state index contributed by atoms with van der Waals surface area (Å²) in [6.07, 6.45) is 3.57. The summed E-state index contributed by atoms with van der Waals surface area (Å²) in [6.45, 7) is 6.53. The lowest BCUT2D eigenvalue weighted by atomic mass is 10.0. The first-order valence-corrected chi connectivity index (χ1v) is 7.68. The van der Waals surface area contributed by atoms with Crippen LogP contribution >= 0.6 is 15.9 Å². The highest BCUT2D eigenvalue weighted by Crippen LogP contribution is 2.35. The number of rotatable bonds is 4. The number of nitrogens with zero attached hydrogens (tertiary/aromatic N) is 1. The van der Waals surface area contributed by atoms with Crippen molar-refractivity contribution < 1.29 is 0 Å². The largest absolute Gasteiger partial charge is 0.367 e. The van der Waals surface area contributed by atoms with E-state index in [1.54, 1.807) is 0 Å². The minimum atomic E-state index is 0.682. The van der Waals surface area contributed by atoms with Crippen molar-refractivity contribution >= 4 is 21.6 Å². The molecule has 100 valence electrons. The lowest BCUT2D eigenvalue weighted by Gasteiger charge is -2.30. The van der Waals surface area contributed by atoms with Crippen LogP contribution in [-0.4, -0.2) is 19.1 Å². The van der Waals surface area contributed by atoms with Crippen LogP contribution in [0.15, 0.2) is 22.7 Å². The molecule has 0 aliphatic carbocycles. The van der Waals surface area contributed by atoms with Crippen LogP contribution in [0.1, 0.15) is 32.3 Å². The Morgan fingerprint density at radius 3 is 2.83 bits per heavy atom. The predicted octanol–water partition coefficient (Wildman–Crippen LogP) is 3.58. The van der Waals surface area contributed by atoms with Crippen molar-refractivity contribution in [3.63, 3.8) is 0 Å².